The van der Waals surface area contributed by atoms with Gasteiger partial charge in [0.05, 0.1) is 0 Å². The maximum atomic E-state index is 11.9. The first-order chi connectivity index (χ1) is 11.0. The number of rotatable bonds is 6. The van der Waals surface area contributed by atoms with Crippen LogP contribution in [0.25, 0.3) is 6.08 Å². The second-order valence-electron chi connectivity index (χ2n) is 6.59. The fourth-order valence-electron chi connectivity index (χ4n) is 2.63. The quantitative estimate of drug-likeness (QED) is 0.818. The van der Waals surface area contributed by atoms with E-state index in [0.717, 1.165) is 38.3 Å². The maximum absolute atomic E-state index is 11.9. The minimum absolute atomic E-state index is 0.0212. The second-order valence-corrected chi connectivity index (χ2v) is 6.59. The van der Waals surface area contributed by atoms with Gasteiger partial charge < -0.3 is 10.2 Å². The normalized spacial score (nSPS) is 17.0. The van der Waals surface area contributed by atoms with Crippen molar-refractivity contribution in [1.82, 2.24) is 15.1 Å². The number of piperazine rings is 1. The van der Waals surface area contributed by atoms with E-state index in [9.17, 15) is 4.79 Å². The minimum atomic E-state index is -0.0212. The van der Waals surface area contributed by atoms with E-state index in [4.69, 9.17) is 0 Å². The predicted octanol–water partition coefficient (Wildman–Crippen LogP) is 2.19. The molecule has 0 saturated carbocycles. The van der Waals surface area contributed by atoms with Gasteiger partial charge in [-0.15, -0.1) is 0 Å². The number of hydrogen-bond acceptors (Lipinski definition) is 3. The molecule has 1 amide bonds. The Morgan fingerprint density at radius 1 is 1.17 bits per heavy atom. The number of carbonyl (C=O) groups is 1. The average molecular weight is 315 g/mol. The highest BCUT2D eigenvalue weighted by Crippen LogP contribution is 2.15. The molecule has 0 spiro atoms. The summed E-state index contributed by atoms with van der Waals surface area (Å²) >= 11 is 0. The zero-order chi connectivity index (χ0) is 16.7. The molecule has 2 rings (SSSR count). The molecule has 1 heterocycles. The molecular weight excluding hydrogens is 286 g/mol. The monoisotopic (exact) mass is 315 g/mol. The van der Waals surface area contributed by atoms with Crippen molar-refractivity contribution in [1.29, 1.82) is 0 Å². The Hall–Kier alpha value is -1.65. The SMILES string of the molecule is CC(C)c1ccc(/C=C/C(=O)NCCN2CCN(C)CC2)cc1. The molecule has 0 aliphatic carbocycles. The Balaban J connectivity index is 1.69. The lowest BCUT2D eigenvalue weighted by Gasteiger charge is -2.32. The zero-order valence-corrected chi connectivity index (χ0v) is 14.6. The lowest BCUT2D eigenvalue weighted by molar-refractivity contribution is -0.116. The van der Waals surface area contributed by atoms with E-state index in [0.29, 0.717) is 12.5 Å². The Bertz CT molecular complexity index is 514. The summed E-state index contributed by atoms with van der Waals surface area (Å²) in [7, 11) is 2.15. The lowest BCUT2D eigenvalue weighted by atomic mass is 10.0. The first-order valence-corrected chi connectivity index (χ1v) is 8.51. The van der Waals surface area contributed by atoms with Crippen LogP contribution in [0.3, 0.4) is 0 Å². The van der Waals surface area contributed by atoms with Crippen molar-refractivity contribution in [2.45, 2.75) is 19.8 Å². The smallest absolute Gasteiger partial charge is 0.244 e. The number of benzene rings is 1. The first-order valence-electron chi connectivity index (χ1n) is 8.51. The molecule has 1 aliphatic rings. The van der Waals surface area contributed by atoms with Crippen molar-refractivity contribution in [3.05, 3.63) is 41.5 Å². The molecule has 0 bridgehead atoms. The van der Waals surface area contributed by atoms with Crippen molar-refractivity contribution >= 4 is 12.0 Å². The Kier molecular flexibility index (Phi) is 6.81. The molecule has 1 N–H and O–H groups in total. The molecule has 1 aromatic carbocycles. The maximum Gasteiger partial charge on any atom is 0.244 e. The summed E-state index contributed by atoms with van der Waals surface area (Å²) in [6.45, 7) is 10.4. The largest absolute Gasteiger partial charge is 0.351 e. The molecule has 1 saturated heterocycles. The van der Waals surface area contributed by atoms with Gasteiger partial charge in [-0.05, 0) is 30.2 Å². The lowest BCUT2D eigenvalue weighted by Crippen LogP contribution is -2.46. The number of carbonyl (C=O) groups excluding carboxylic acids is 1. The number of nitrogens with zero attached hydrogens (tertiary/aromatic N) is 2. The summed E-state index contributed by atoms with van der Waals surface area (Å²) in [4.78, 5) is 16.6. The third-order valence-electron chi connectivity index (χ3n) is 4.35. The molecule has 4 nitrogen and oxygen atoms in total. The van der Waals surface area contributed by atoms with Crippen LogP contribution < -0.4 is 5.32 Å². The van der Waals surface area contributed by atoms with Crippen molar-refractivity contribution in [2.24, 2.45) is 0 Å². The molecule has 23 heavy (non-hydrogen) atoms. The average Bonchev–Trinajstić information content (AvgIpc) is 2.55. The van der Waals surface area contributed by atoms with Crippen molar-refractivity contribution in [3.63, 3.8) is 0 Å². The topological polar surface area (TPSA) is 35.6 Å². The van der Waals surface area contributed by atoms with Gasteiger partial charge in [-0.3, -0.25) is 9.69 Å². The minimum Gasteiger partial charge on any atom is -0.351 e. The molecular formula is C19H29N3O. The van der Waals surface area contributed by atoms with Gasteiger partial charge >= 0.3 is 0 Å². The van der Waals surface area contributed by atoms with E-state index in [1.54, 1.807) is 6.08 Å². The Morgan fingerprint density at radius 2 is 1.83 bits per heavy atom. The van der Waals surface area contributed by atoms with Gasteiger partial charge in [0.15, 0.2) is 0 Å². The molecule has 1 aliphatic heterocycles. The standard InChI is InChI=1S/C19H29N3O/c1-16(2)18-7-4-17(5-8-18)6-9-19(23)20-10-11-22-14-12-21(3)13-15-22/h4-9,16H,10-15H2,1-3H3,(H,20,23)/b9-6+. The summed E-state index contributed by atoms with van der Waals surface area (Å²) < 4.78 is 0. The van der Waals surface area contributed by atoms with Gasteiger partial charge in [-0.1, -0.05) is 38.1 Å². The number of nitrogens with one attached hydrogen (secondary N) is 1. The first kappa shape index (κ1) is 17.7. The van der Waals surface area contributed by atoms with Gasteiger partial charge in [0.1, 0.15) is 0 Å². The van der Waals surface area contributed by atoms with Gasteiger partial charge in [-0.2, -0.15) is 0 Å². The molecule has 0 aromatic heterocycles. The van der Waals surface area contributed by atoms with Crippen LogP contribution in [0.5, 0.6) is 0 Å². The van der Waals surface area contributed by atoms with Crippen molar-refractivity contribution < 1.29 is 4.79 Å². The third-order valence-corrected chi connectivity index (χ3v) is 4.35. The van der Waals surface area contributed by atoms with E-state index < -0.39 is 0 Å². The van der Waals surface area contributed by atoms with Crippen LogP contribution in [-0.2, 0) is 4.79 Å². The molecule has 126 valence electrons. The van der Waals surface area contributed by atoms with Gasteiger partial charge in [0.25, 0.3) is 0 Å². The fourth-order valence-corrected chi connectivity index (χ4v) is 2.63. The van der Waals surface area contributed by atoms with Crippen LogP contribution in [0.4, 0.5) is 0 Å². The Labute approximate surface area is 140 Å². The number of likely N-dealkylation sites (N-methyl/N-ethyl adjacent to an activating group) is 1. The van der Waals surface area contributed by atoms with Crippen LogP contribution in [-0.4, -0.2) is 62.0 Å². The molecule has 1 aromatic rings. The van der Waals surface area contributed by atoms with Crippen molar-refractivity contribution in [3.8, 4) is 0 Å². The molecule has 0 radical (unpaired) electrons. The van der Waals surface area contributed by atoms with E-state index in [1.165, 1.54) is 5.56 Å². The van der Waals surface area contributed by atoms with Crippen LogP contribution >= 0.6 is 0 Å². The van der Waals surface area contributed by atoms with E-state index in [-0.39, 0.29) is 5.91 Å². The number of amides is 1. The molecule has 4 heteroatoms. The predicted molar refractivity (Wildman–Crippen MR) is 96.5 cm³/mol. The van der Waals surface area contributed by atoms with Gasteiger partial charge in [-0.25, -0.2) is 0 Å². The Morgan fingerprint density at radius 3 is 2.43 bits per heavy atom. The summed E-state index contributed by atoms with van der Waals surface area (Å²) in [6, 6.07) is 8.36. The van der Waals surface area contributed by atoms with Crippen LogP contribution in [0.2, 0.25) is 0 Å². The highest BCUT2D eigenvalue weighted by molar-refractivity contribution is 5.91. The fraction of sp³-hybridized carbons (Fsp3) is 0.526. The van der Waals surface area contributed by atoms with Crippen LogP contribution in [0.1, 0.15) is 30.9 Å². The second kappa shape index (κ2) is 8.85. The van der Waals surface area contributed by atoms with Crippen LogP contribution in [0.15, 0.2) is 30.3 Å². The molecule has 0 atom stereocenters. The van der Waals surface area contributed by atoms with Gasteiger partial charge in [0.2, 0.25) is 5.91 Å². The molecule has 0 unspecified atom stereocenters. The highest BCUT2D eigenvalue weighted by atomic mass is 16.1. The van der Waals surface area contributed by atoms with E-state index >= 15 is 0 Å². The summed E-state index contributed by atoms with van der Waals surface area (Å²) in [6.07, 6.45) is 3.49. The number of hydrogen-bond donors (Lipinski definition) is 1. The van der Waals surface area contributed by atoms with Crippen LogP contribution in [0, 0.1) is 0 Å². The highest BCUT2D eigenvalue weighted by Gasteiger charge is 2.12. The zero-order valence-electron chi connectivity index (χ0n) is 14.6. The summed E-state index contributed by atoms with van der Waals surface area (Å²) in [5.41, 5.74) is 2.38. The summed E-state index contributed by atoms with van der Waals surface area (Å²) in [5.74, 6) is 0.512. The van der Waals surface area contributed by atoms with E-state index in [1.807, 2.05) is 6.08 Å². The molecule has 1 fully saturated rings. The van der Waals surface area contributed by atoms with E-state index in [2.05, 4.69) is 60.3 Å². The van der Waals surface area contributed by atoms with Crippen molar-refractivity contribution in [2.75, 3.05) is 46.3 Å². The summed E-state index contributed by atoms with van der Waals surface area (Å²) in [5, 5.41) is 2.96. The van der Waals surface area contributed by atoms with Gasteiger partial charge in [0, 0.05) is 45.3 Å². The third kappa shape index (κ3) is 6.16.